The monoisotopic (exact) mass is 259 g/mol. The van der Waals surface area contributed by atoms with Gasteiger partial charge in [0.15, 0.2) is 0 Å². The maximum atomic E-state index is 11.7. The fraction of sp³-hybridized carbons (Fsp3) is 0.154. The average Bonchev–Trinajstić information content (AvgIpc) is 2.89. The smallest absolute Gasteiger partial charge is 0.266 e. The number of thiophene rings is 1. The third-order valence-electron chi connectivity index (χ3n) is 2.32. The largest absolute Gasteiger partial charge is 0.281 e. The van der Waals surface area contributed by atoms with Gasteiger partial charge in [-0.15, -0.1) is 11.3 Å². The van der Waals surface area contributed by atoms with E-state index in [1.54, 1.807) is 18.6 Å². The van der Waals surface area contributed by atoms with Gasteiger partial charge >= 0.3 is 0 Å². The van der Waals surface area contributed by atoms with Gasteiger partial charge < -0.3 is 0 Å². The van der Waals surface area contributed by atoms with Gasteiger partial charge in [-0.05, 0) is 36.2 Å². The SMILES string of the molecule is CCc1ccc(C(=O)N/N=C\c2ccncc2)s1. The lowest BCUT2D eigenvalue weighted by molar-refractivity contribution is 0.0959. The van der Waals surface area contributed by atoms with E-state index in [-0.39, 0.29) is 5.91 Å². The summed E-state index contributed by atoms with van der Waals surface area (Å²) in [6, 6.07) is 7.42. The molecule has 2 rings (SSSR count). The molecule has 0 fully saturated rings. The van der Waals surface area contributed by atoms with Crippen LogP contribution in [0.2, 0.25) is 0 Å². The first-order valence-corrected chi connectivity index (χ1v) is 6.43. The van der Waals surface area contributed by atoms with Crippen LogP contribution >= 0.6 is 11.3 Å². The standard InChI is InChI=1S/C13H13N3OS/c1-2-11-3-4-12(18-11)13(17)16-15-9-10-5-7-14-8-6-10/h3-9H,2H2,1H3,(H,16,17)/b15-9-. The van der Waals surface area contributed by atoms with Crippen molar-refractivity contribution in [2.45, 2.75) is 13.3 Å². The molecule has 0 bridgehead atoms. The highest BCUT2D eigenvalue weighted by Gasteiger charge is 2.06. The van der Waals surface area contributed by atoms with Crippen LogP contribution in [0.4, 0.5) is 0 Å². The van der Waals surface area contributed by atoms with E-state index in [1.165, 1.54) is 16.2 Å². The number of carbonyl (C=O) groups is 1. The van der Waals surface area contributed by atoms with Crippen LogP contribution in [0.15, 0.2) is 41.8 Å². The van der Waals surface area contributed by atoms with Gasteiger partial charge in [-0.1, -0.05) is 6.92 Å². The minimum atomic E-state index is -0.176. The predicted molar refractivity (Wildman–Crippen MR) is 73.0 cm³/mol. The molecule has 0 aliphatic rings. The highest BCUT2D eigenvalue weighted by atomic mass is 32.1. The van der Waals surface area contributed by atoms with Crippen LogP contribution in [0.5, 0.6) is 0 Å². The molecule has 0 aliphatic carbocycles. The second kappa shape index (κ2) is 6.07. The zero-order valence-corrected chi connectivity index (χ0v) is 10.8. The molecule has 0 atom stereocenters. The molecule has 4 nitrogen and oxygen atoms in total. The Morgan fingerprint density at radius 2 is 2.17 bits per heavy atom. The Labute approximate surface area is 109 Å². The Balaban J connectivity index is 1.94. The number of nitrogens with one attached hydrogen (secondary N) is 1. The Kier molecular flexibility index (Phi) is 4.20. The van der Waals surface area contributed by atoms with Gasteiger partial charge in [0.1, 0.15) is 0 Å². The normalized spacial score (nSPS) is 10.7. The third-order valence-corrected chi connectivity index (χ3v) is 3.55. The molecule has 2 aromatic rings. The lowest BCUT2D eigenvalue weighted by Gasteiger charge is -1.95. The number of nitrogens with zero attached hydrogens (tertiary/aromatic N) is 2. The quantitative estimate of drug-likeness (QED) is 0.677. The molecule has 0 aliphatic heterocycles. The van der Waals surface area contributed by atoms with Gasteiger partial charge in [-0.25, -0.2) is 5.43 Å². The number of carbonyl (C=O) groups excluding carboxylic acids is 1. The number of aryl methyl sites for hydroxylation is 1. The first kappa shape index (κ1) is 12.4. The number of hydrogen-bond donors (Lipinski definition) is 1. The summed E-state index contributed by atoms with van der Waals surface area (Å²) in [5.41, 5.74) is 3.40. The Hall–Kier alpha value is -2.01. The fourth-order valence-electron chi connectivity index (χ4n) is 1.36. The van der Waals surface area contributed by atoms with Crippen molar-refractivity contribution < 1.29 is 4.79 Å². The van der Waals surface area contributed by atoms with Crippen LogP contribution in [0.3, 0.4) is 0 Å². The first-order chi connectivity index (χ1) is 8.79. The molecular formula is C13H13N3OS. The van der Waals surface area contributed by atoms with Gasteiger partial charge in [0.2, 0.25) is 0 Å². The number of aromatic nitrogens is 1. The fourth-order valence-corrected chi connectivity index (χ4v) is 2.20. The molecule has 92 valence electrons. The van der Waals surface area contributed by atoms with Gasteiger partial charge in [0.25, 0.3) is 5.91 Å². The number of hydrazone groups is 1. The highest BCUT2D eigenvalue weighted by molar-refractivity contribution is 7.14. The summed E-state index contributed by atoms with van der Waals surface area (Å²) in [5, 5.41) is 3.91. The second-order valence-electron chi connectivity index (χ2n) is 3.60. The Morgan fingerprint density at radius 1 is 1.39 bits per heavy atom. The summed E-state index contributed by atoms with van der Waals surface area (Å²) in [7, 11) is 0. The summed E-state index contributed by atoms with van der Waals surface area (Å²) in [6.07, 6.45) is 5.89. The molecule has 2 aromatic heterocycles. The molecule has 0 saturated heterocycles. The van der Waals surface area contributed by atoms with Crippen LogP contribution in [0.25, 0.3) is 0 Å². The maximum absolute atomic E-state index is 11.7. The minimum absolute atomic E-state index is 0.176. The Morgan fingerprint density at radius 3 is 2.83 bits per heavy atom. The molecule has 18 heavy (non-hydrogen) atoms. The number of rotatable bonds is 4. The van der Waals surface area contributed by atoms with Crippen LogP contribution in [-0.4, -0.2) is 17.1 Å². The number of hydrogen-bond acceptors (Lipinski definition) is 4. The lowest BCUT2D eigenvalue weighted by Crippen LogP contribution is -2.16. The van der Waals surface area contributed by atoms with Crippen molar-refractivity contribution in [3.63, 3.8) is 0 Å². The van der Waals surface area contributed by atoms with Crippen molar-refractivity contribution in [1.82, 2.24) is 10.4 Å². The number of amides is 1. The van der Waals surface area contributed by atoms with E-state index in [9.17, 15) is 4.79 Å². The maximum Gasteiger partial charge on any atom is 0.281 e. The molecule has 1 amide bonds. The van der Waals surface area contributed by atoms with Crippen molar-refractivity contribution in [2.24, 2.45) is 5.10 Å². The van der Waals surface area contributed by atoms with Crippen LogP contribution in [0, 0.1) is 0 Å². The second-order valence-corrected chi connectivity index (χ2v) is 4.77. The van der Waals surface area contributed by atoms with Crippen LogP contribution in [0.1, 0.15) is 27.0 Å². The van der Waals surface area contributed by atoms with Crippen molar-refractivity contribution >= 4 is 23.5 Å². The van der Waals surface area contributed by atoms with Gasteiger partial charge in [0, 0.05) is 17.3 Å². The van der Waals surface area contributed by atoms with E-state index in [1.807, 2.05) is 24.3 Å². The van der Waals surface area contributed by atoms with E-state index in [2.05, 4.69) is 22.4 Å². The molecular weight excluding hydrogens is 246 g/mol. The zero-order chi connectivity index (χ0) is 12.8. The molecule has 2 heterocycles. The third kappa shape index (κ3) is 3.24. The lowest BCUT2D eigenvalue weighted by atomic mass is 10.3. The van der Waals surface area contributed by atoms with Crippen molar-refractivity contribution in [3.05, 3.63) is 52.0 Å². The molecule has 5 heteroatoms. The zero-order valence-electron chi connectivity index (χ0n) is 9.96. The van der Waals surface area contributed by atoms with Crippen LogP contribution in [-0.2, 0) is 6.42 Å². The predicted octanol–water partition coefficient (Wildman–Crippen LogP) is 2.47. The molecule has 0 radical (unpaired) electrons. The summed E-state index contributed by atoms with van der Waals surface area (Å²) in [5.74, 6) is -0.176. The first-order valence-electron chi connectivity index (χ1n) is 5.61. The molecule has 0 spiro atoms. The molecule has 0 saturated carbocycles. The average molecular weight is 259 g/mol. The van der Waals surface area contributed by atoms with Crippen LogP contribution < -0.4 is 5.43 Å². The number of pyridine rings is 1. The van der Waals surface area contributed by atoms with Crippen molar-refractivity contribution in [1.29, 1.82) is 0 Å². The summed E-state index contributed by atoms with van der Waals surface area (Å²) >= 11 is 1.49. The highest BCUT2D eigenvalue weighted by Crippen LogP contribution is 2.16. The van der Waals surface area contributed by atoms with Crippen molar-refractivity contribution in [2.75, 3.05) is 0 Å². The van der Waals surface area contributed by atoms with E-state index in [4.69, 9.17) is 0 Å². The molecule has 0 aromatic carbocycles. The Bertz CT molecular complexity index is 548. The van der Waals surface area contributed by atoms with E-state index in [0.717, 1.165) is 12.0 Å². The topological polar surface area (TPSA) is 54.4 Å². The van der Waals surface area contributed by atoms with E-state index in [0.29, 0.717) is 4.88 Å². The van der Waals surface area contributed by atoms with Gasteiger partial charge in [0.05, 0.1) is 11.1 Å². The molecule has 1 N–H and O–H groups in total. The summed E-state index contributed by atoms with van der Waals surface area (Å²) in [4.78, 5) is 17.5. The molecule has 0 unspecified atom stereocenters. The van der Waals surface area contributed by atoms with Gasteiger partial charge in [-0.3, -0.25) is 9.78 Å². The van der Waals surface area contributed by atoms with Gasteiger partial charge in [-0.2, -0.15) is 5.10 Å². The summed E-state index contributed by atoms with van der Waals surface area (Å²) in [6.45, 7) is 2.06. The van der Waals surface area contributed by atoms with Crippen molar-refractivity contribution in [3.8, 4) is 0 Å². The van der Waals surface area contributed by atoms with E-state index >= 15 is 0 Å². The minimum Gasteiger partial charge on any atom is -0.266 e. The van der Waals surface area contributed by atoms with E-state index < -0.39 is 0 Å². The summed E-state index contributed by atoms with van der Waals surface area (Å²) < 4.78 is 0.